The molecule has 0 saturated carbocycles. The van der Waals surface area contributed by atoms with Crippen molar-refractivity contribution in [2.24, 2.45) is 0 Å². The van der Waals surface area contributed by atoms with Crippen LogP contribution in [0, 0.1) is 10.8 Å². The Balaban J connectivity index is 0.000000274. The Morgan fingerprint density at radius 3 is 1.56 bits per heavy atom. The zero-order valence-corrected chi connectivity index (χ0v) is 32.1. The number of rotatable bonds is 9. The minimum Gasteiger partial charge on any atom is -0.459 e. The summed E-state index contributed by atoms with van der Waals surface area (Å²) in [7, 11) is 2.45. The molecule has 0 aromatic heterocycles. The number of anilines is 2. The molecular weight excluding hydrogens is 740 g/mol. The summed E-state index contributed by atoms with van der Waals surface area (Å²) in [5.74, 6) is -0.153. The van der Waals surface area contributed by atoms with Crippen molar-refractivity contribution in [3.63, 3.8) is 0 Å². The second-order valence-corrected chi connectivity index (χ2v) is 13.9. The number of nitrogens with zero attached hydrogens (tertiary/aromatic N) is 4. The molecule has 0 aliphatic carbocycles. The molecule has 3 fully saturated rings. The van der Waals surface area contributed by atoms with E-state index in [1.807, 2.05) is 20.8 Å². The summed E-state index contributed by atoms with van der Waals surface area (Å²) in [6, 6.07) is 13.3. The number of esters is 1. The van der Waals surface area contributed by atoms with Gasteiger partial charge in [-0.1, -0.05) is 0 Å². The molecule has 2 aromatic rings. The van der Waals surface area contributed by atoms with Gasteiger partial charge >= 0.3 is 30.3 Å². The lowest BCUT2D eigenvalue weighted by molar-refractivity contribution is -0.156. The Bertz CT molecular complexity index is 1710. The molecule has 4 amide bonds. The number of benzene rings is 2. The number of alkyl halides is 1. The number of alkyl carbamates (subject to hydrolysis) is 2. The fraction of sp³-hybridized carbons (Fsp3) is 0.472. The molecule has 19 heteroatoms. The van der Waals surface area contributed by atoms with Gasteiger partial charge in [-0.2, -0.15) is 0 Å². The van der Waals surface area contributed by atoms with Crippen LogP contribution in [0.3, 0.4) is 0 Å². The smallest absolute Gasteiger partial charge is 0.414 e. The number of piperazine rings is 1. The van der Waals surface area contributed by atoms with Crippen LogP contribution < -0.4 is 20.4 Å². The number of methoxy groups -OCH3 is 2. The van der Waals surface area contributed by atoms with Crippen LogP contribution in [-0.2, 0) is 28.5 Å². The maximum atomic E-state index is 12.4. The molecule has 298 valence electrons. The Morgan fingerprint density at radius 1 is 0.745 bits per heavy atom. The summed E-state index contributed by atoms with van der Waals surface area (Å²) in [5, 5.41) is 20.2. The Morgan fingerprint density at radius 2 is 1.16 bits per heavy atom. The zero-order valence-electron chi connectivity index (χ0n) is 31.4. The Labute approximate surface area is 323 Å². The van der Waals surface area contributed by atoms with Gasteiger partial charge in [0.05, 0.1) is 39.7 Å². The van der Waals surface area contributed by atoms with Gasteiger partial charge in [0, 0.05) is 55.2 Å². The van der Waals surface area contributed by atoms with Crippen LogP contribution in [0.4, 0.5) is 30.6 Å². The Hall–Kier alpha value is -5.46. The van der Waals surface area contributed by atoms with Crippen LogP contribution in [0.5, 0.6) is 0 Å². The molecule has 3 saturated heterocycles. The molecule has 4 N–H and O–H groups in total. The Kier molecular flexibility index (Phi) is 14.8. The van der Waals surface area contributed by atoms with E-state index in [0.29, 0.717) is 42.1 Å². The number of cyclic esters (lactones) is 2. The SMILES string of the molecule is COC(=O)NC(=N)c1ccc(N2CC(CCl)OC2=O)cc1.COC(=O)NC(=N)c1ccc(N2CC(CN3CCN(CC(=O)OC(C)(C)C)CC3)OC2=O)cc1. The molecule has 5 rings (SSSR count). The molecule has 0 bridgehead atoms. The van der Waals surface area contributed by atoms with Gasteiger partial charge in [-0.15, -0.1) is 11.6 Å². The van der Waals surface area contributed by atoms with Crippen molar-refractivity contribution < 1.29 is 47.7 Å². The van der Waals surface area contributed by atoms with Crippen molar-refractivity contribution in [2.45, 2.75) is 38.6 Å². The fourth-order valence-electron chi connectivity index (χ4n) is 5.68. The third kappa shape index (κ3) is 12.5. The van der Waals surface area contributed by atoms with Crippen molar-refractivity contribution in [2.75, 3.05) is 82.3 Å². The molecule has 2 aromatic carbocycles. The third-order valence-corrected chi connectivity index (χ3v) is 8.72. The number of nitrogens with one attached hydrogen (secondary N) is 4. The minimum atomic E-state index is -0.717. The average Bonchev–Trinajstić information content (AvgIpc) is 3.72. The highest BCUT2D eigenvalue weighted by Gasteiger charge is 2.35. The normalized spacial score (nSPS) is 18.7. The van der Waals surface area contributed by atoms with Crippen LogP contribution >= 0.6 is 11.6 Å². The van der Waals surface area contributed by atoms with E-state index >= 15 is 0 Å². The number of hydrogen-bond acceptors (Lipinski definition) is 14. The first-order valence-electron chi connectivity index (χ1n) is 17.4. The van der Waals surface area contributed by atoms with E-state index in [4.69, 9.17) is 36.6 Å². The highest BCUT2D eigenvalue weighted by molar-refractivity contribution is 6.18. The number of carbonyl (C=O) groups is 5. The first-order chi connectivity index (χ1) is 26.1. The molecule has 18 nitrogen and oxygen atoms in total. The summed E-state index contributed by atoms with van der Waals surface area (Å²) in [6.45, 7) is 10.3. The van der Waals surface area contributed by atoms with Crippen LogP contribution in [0.2, 0.25) is 0 Å². The van der Waals surface area contributed by atoms with Gasteiger partial charge in [-0.25, -0.2) is 19.2 Å². The molecule has 0 spiro atoms. The summed E-state index contributed by atoms with van der Waals surface area (Å²) in [4.78, 5) is 65.8. The largest absolute Gasteiger partial charge is 0.459 e. The molecular formula is C36H47ClN8O10. The number of hydrogen-bond donors (Lipinski definition) is 4. The standard InChI is InChI=1S/C23H33N5O6.C13H14ClN3O4/c1-23(2,3)34-19(29)15-27-11-9-26(10-12-27)13-18-14-28(22(31)33-18)17-7-5-16(6-8-17)20(24)25-21(30)32-4;1-20-12(18)16-11(15)8-2-4-9(5-3-8)17-7-10(6-14)21-13(17)19/h5-8,18H,9-15H2,1-4H3,(H2,24,25,30);2-5,10H,6-7H2,1H3,(H2,15,16,18). The van der Waals surface area contributed by atoms with Crippen LogP contribution in [0.1, 0.15) is 31.9 Å². The lowest BCUT2D eigenvalue weighted by atomic mass is 10.1. The molecule has 3 aliphatic heterocycles. The second-order valence-electron chi connectivity index (χ2n) is 13.6. The van der Waals surface area contributed by atoms with Gasteiger partial charge in [-0.3, -0.25) is 45.8 Å². The summed E-state index contributed by atoms with van der Waals surface area (Å²) >= 11 is 5.67. The third-order valence-electron chi connectivity index (χ3n) is 8.38. The predicted octanol–water partition coefficient (Wildman–Crippen LogP) is 3.58. The number of halogens is 1. The van der Waals surface area contributed by atoms with E-state index in [0.717, 1.165) is 26.2 Å². The van der Waals surface area contributed by atoms with Crippen LogP contribution in [0.15, 0.2) is 48.5 Å². The van der Waals surface area contributed by atoms with Crippen molar-refractivity contribution in [1.29, 1.82) is 10.8 Å². The summed E-state index contributed by atoms with van der Waals surface area (Å²) < 4.78 is 24.9. The molecule has 2 atom stereocenters. The van der Waals surface area contributed by atoms with Crippen molar-refractivity contribution in [3.8, 4) is 0 Å². The van der Waals surface area contributed by atoms with Crippen molar-refractivity contribution in [1.82, 2.24) is 20.4 Å². The predicted molar refractivity (Wildman–Crippen MR) is 202 cm³/mol. The van der Waals surface area contributed by atoms with Crippen LogP contribution in [-0.4, -0.2) is 142 Å². The summed E-state index contributed by atoms with van der Waals surface area (Å²) in [5.41, 5.74) is 1.79. The quantitative estimate of drug-likeness (QED) is 0.0944. The second kappa shape index (κ2) is 19.2. The highest BCUT2D eigenvalue weighted by atomic mass is 35.5. The van der Waals surface area contributed by atoms with Crippen molar-refractivity contribution in [3.05, 3.63) is 59.7 Å². The average molecular weight is 787 g/mol. The molecule has 55 heavy (non-hydrogen) atoms. The van der Waals surface area contributed by atoms with E-state index < -0.39 is 30.0 Å². The lowest BCUT2D eigenvalue weighted by Gasteiger charge is -2.35. The number of ether oxygens (including phenoxy) is 5. The van der Waals surface area contributed by atoms with Gasteiger partial charge in [0.1, 0.15) is 29.5 Å². The van der Waals surface area contributed by atoms with Gasteiger partial charge in [0.2, 0.25) is 0 Å². The zero-order chi connectivity index (χ0) is 40.3. The first-order valence-corrected chi connectivity index (χ1v) is 17.9. The van der Waals surface area contributed by atoms with Gasteiger partial charge in [-0.05, 0) is 69.3 Å². The maximum absolute atomic E-state index is 12.4. The van der Waals surface area contributed by atoms with E-state index in [1.54, 1.807) is 53.4 Å². The minimum absolute atomic E-state index is 0.0870. The number of carbonyl (C=O) groups excluding carboxylic acids is 5. The number of amides is 4. The van der Waals surface area contributed by atoms with Crippen molar-refractivity contribution >= 4 is 65.0 Å². The first kappa shape index (κ1) is 42.3. The lowest BCUT2D eigenvalue weighted by Crippen LogP contribution is -2.50. The van der Waals surface area contributed by atoms with Crippen LogP contribution in [0.25, 0.3) is 0 Å². The molecule has 3 aliphatic rings. The van der Waals surface area contributed by atoms with E-state index in [9.17, 15) is 24.0 Å². The maximum Gasteiger partial charge on any atom is 0.414 e. The number of amidine groups is 2. The molecule has 3 heterocycles. The molecule has 2 unspecified atom stereocenters. The van der Waals surface area contributed by atoms with E-state index in [-0.39, 0.29) is 42.3 Å². The monoisotopic (exact) mass is 786 g/mol. The topological polar surface area (TPSA) is 216 Å². The van der Waals surface area contributed by atoms with Gasteiger partial charge in [0.25, 0.3) is 0 Å². The summed E-state index contributed by atoms with van der Waals surface area (Å²) in [6.07, 6.45) is -2.87. The van der Waals surface area contributed by atoms with E-state index in [2.05, 4.69) is 29.9 Å². The highest BCUT2D eigenvalue weighted by Crippen LogP contribution is 2.24. The fourth-order valence-corrected chi connectivity index (χ4v) is 5.84. The molecule has 0 radical (unpaired) electrons. The van der Waals surface area contributed by atoms with Gasteiger partial charge in [0.15, 0.2) is 0 Å². The van der Waals surface area contributed by atoms with E-state index in [1.165, 1.54) is 19.1 Å². The van der Waals surface area contributed by atoms with Gasteiger partial charge < -0.3 is 23.7 Å².